The van der Waals surface area contributed by atoms with Gasteiger partial charge >= 0.3 is 0 Å². The molecule has 4 heteroatoms. The van der Waals surface area contributed by atoms with E-state index in [1.54, 1.807) is 6.92 Å². The summed E-state index contributed by atoms with van der Waals surface area (Å²) in [5.74, 6) is 0.163. The Kier molecular flexibility index (Phi) is 5.62. The minimum absolute atomic E-state index is 0.0758. The average Bonchev–Trinajstić information content (AvgIpc) is 2.02. The van der Waals surface area contributed by atoms with E-state index in [9.17, 15) is 4.79 Å². The van der Waals surface area contributed by atoms with E-state index in [0.29, 0.717) is 12.5 Å². The second-order valence-electron chi connectivity index (χ2n) is 3.60. The standard InChI is InChI=1S/C9H18N2OS/c1-6(2)4-5-11-9(12)7(3)8(10)13/h6-7H,4-5H2,1-3H3,(H2,10,13)(H,11,12). The lowest BCUT2D eigenvalue weighted by molar-refractivity contribution is -0.122. The van der Waals surface area contributed by atoms with E-state index in [1.165, 1.54) is 0 Å². The van der Waals surface area contributed by atoms with Crippen LogP contribution in [-0.2, 0) is 4.79 Å². The molecular weight excluding hydrogens is 184 g/mol. The third kappa shape index (κ3) is 5.58. The van der Waals surface area contributed by atoms with Gasteiger partial charge in [-0.2, -0.15) is 0 Å². The average molecular weight is 202 g/mol. The molecule has 1 amide bonds. The zero-order valence-electron chi connectivity index (χ0n) is 8.46. The maximum Gasteiger partial charge on any atom is 0.229 e. The first kappa shape index (κ1) is 12.4. The maximum absolute atomic E-state index is 11.3. The van der Waals surface area contributed by atoms with Crippen LogP contribution in [-0.4, -0.2) is 17.4 Å². The van der Waals surface area contributed by atoms with Crippen molar-refractivity contribution < 1.29 is 4.79 Å². The summed E-state index contributed by atoms with van der Waals surface area (Å²) in [7, 11) is 0. The van der Waals surface area contributed by atoms with E-state index in [4.69, 9.17) is 18.0 Å². The van der Waals surface area contributed by atoms with Gasteiger partial charge in [0.1, 0.15) is 0 Å². The second-order valence-corrected chi connectivity index (χ2v) is 4.07. The van der Waals surface area contributed by atoms with Crippen molar-refractivity contribution in [1.29, 1.82) is 0 Å². The predicted octanol–water partition coefficient (Wildman–Crippen LogP) is 1.07. The Morgan fingerprint density at radius 2 is 2.00 bits per heavy atom. The Labute approximate surface area is 85.1 Å². The molecule has 3 N–H and O–H groups in total. The number of amides is 1. The van der Waals surface area contributed by atoms with Gasteiger partial charge in [0.15, 0.2) is 0 Å². The molecule has 0 fully saturated rings. The first-order chi connectivity index (χ1) is 5.95. The molecular formula is C9H18N2OS. The number of carbonyl (C=O) groups excluding carboxylic acids is 1. The largest absolute Gasteiger partial charge is 0.393 e. The highest BCUT2D eigenvalue weighted by Gasteiger charge is 2.14. The van der Waals surface area contributed by atoms with Crippen molar-refractivity contribution in [2.75, 3.05) is 6.54 Å². The number of nitrogens with two attached hydrogens (primary N) is 1. The van der Waals surface area contributed by atoms with Gasteiger partial charge in [-0.25, -0.2) is 0 Å². The molecule has 0 heterocycles. The van der Waals surface area contributed by atoms with Gasteiger partial charge in [-0.05, 0) is 19.3 Å². The Bertz CT molecular complexity index is 192. The van der Waals surface area contributed by atoms with Crippen molar-refractivity contribution in [3.05, 3.63) is 0 Å². The lowest BCUT2D eigenvalue weighted by Gasteiger charge is -2.11. The topological polar surface area (TPSA) is 55.1 Å². The number of hydrogen-bond acceptors (Lipinski definition) is 2. The van der Waals surface area contributed by atoms with Gasteiger partial charge in [0.25, 0.3) is 0 Å². The molecule has 3 nitrogen and oxygen atoms in total. The van der Waals surface area contributed by atoms with Crippen molar-refractivity contribution in [3.8, 4) is 0 Å². The molecule has 0 aliphatic heterocycles. The van der Waals surface area contributed by atoms with Gasteiger partial charge in [-0.15, -0.1) is 0 Å². The summed E-state index contributed by atoms with van der Waals surface area (Å²) in [6, 6.07) is 0. The fourth-order valence-corrected chi connectivity index (χ4v) is 0.873. The monoisotopic (exact) mass is 202 g/mol. The summed E-state index contributed by atoms with van der Waals surface area (Å²) in [6.45, 7) is 6.64. The molecule has 0 rings (SSSR count). The summed E-state index contributed by atoms with van der Waals surface area (Å²) in [5.41, 5.74) is 5.34. The van der Waals surface area contributed by atoms with Crippen molar-refractivity contribution >= 4 is 23.1 Å². The van der Waals surface area contributed by atoms with Crippen LogP contribution in [0.15, 0.2) is 0 Å². The summed E-state index contributed by atoms with van der Waals surface area (Å²) < 4.78 is 0. The van der Waals surface area contributed by atoms with Crippen LogP contribution < -0.4 is 11.1 Å². The summed E-state index contributed by atoms with van der Waals surface area (Å²) in [4.78, 5) is 11.5. The molecule has 0 aromatic rings. The van der Waals surface area contributed by atoms with Gasteiger partial charge < -0.3 is 11.1 Å². The third-order valence-electron chi connectivity index (χ3n) is 1.84. The lowest BCUT2D eigenvalue weighted by atomic mass is 10.1. The van der Waals surface area contributed by atoms with E-state index in [1.807, 2.05) is 0 Å². The Hall–Kier alpha value is -0.640. The fourth-order valence-electron chi connectivity index (χ4n) is 0.766. The molecule has 0 spiro atoms. The van der Waals surface area contributed by atoms with Crippen molar-refractivity contribution in [1.82, 2.24) is 5.32 Å². The van der Waals surface area contributed by atoms with Crippen LogP contribution in [0.25, 0.3) is 0 Å². The minimum atomic E-state index is -0.359. The highest BCUT2D eigenvalue weighted by atomic mass is 32.1. The van der Waals surface area contributed by atoms with Gasteiger partial charge in [0.05, 0.1) is 10.9 Å². The first-order valence-electron chi connectivity index (χ1n) is 4.52. The molecule has 1 atom stereocenters. The lowest BCUT2D eigenvalue weighted by Crippen LogP contribution is -2.36. The normalized spacial score (nSPS) is 12.6. The van der Waals surface area contributed by atoms with E-state index in [0.717, 1.165) is 6.42 Å². The number of carbonyl (C=O) groups is 1. The smallest absolute Gasteiger partial charge is 0.229 e. The Morgan fingerprint density at radius 3 is 2.38 bits per heavy atom. The quantitative estimate of drug-likeness (QED) is 0.656. The van der Waals surface area contributed by atoms with E-state index in [2.05, 4.69) is 19.2 Å². The van der Waals surface area contributed by atoms with Gasteiger partial charge in [0.2, 0.25) is 5.91 Å². The molecule has 13 heavy (non-hydrogen) atoms. The van der Waals surface area contributed by atoms with Gasteiger partial charge in [-0.3, -0.25) is 4.79 Å². The third-order valence-corrected chi connectivity index (χ3v) is 2.19. The number of hydrogen-bond donors (Lipinski definition) is 2. The van der Waals surface area contributed by atoms with Crippen LogP contribution in [0.1, 0.15) is 27.2 Å². The zero-order chi connectivity index (χ0) is 10.4. The van der Waals surface area contributed by atoms with Crippen molar-refractivity contribution in [2.45, 2.75) is 27.2 Å². The van der Waals surface area contributed by atoms with E-state index >= 15 is 0 Å². The zero-order valence-corrected chi connectivity index (χ0v) is 9.28. The molecule has 0 saturated carbocycles. The van der Waals surface area contributed by atoms with Crippen molar-refractivity contribution in [3.63, 3.8) is 0 Å². The van der Waals surface area contributed by atoms with Crippen LogP contribution in [0.3, 0.4) is 0 Å². The Balaban J connectivity index is 3.69. The van der Waals surface area contributed by atoms with Crippen LogP contribution in [0.2, 0.25) is 0 Å². The van der Waals surface area contributed by atoms with Crippen LogP contribution in [0.4, 0.5) is 0 Å². The Morgan fingerprint density at radius 1 is 1.46 bits per heavy atom. The number of rotatable bonds is 5. The molecule has 0 aromatic heterocycles. The molecule has 76 valence electrons. The number of nitrogens with one attached hydrogen (secondary N) is 1. The van der Waals surface area contributed by atoms with Crippen LogP contribution in [0.5, 0.6) is 0 Å². The molecule has 0 aromatic carbocycles. The SMILES string of the molecule is CC(C)CCNC(=O)C(C)C(N)=S. The first-order valence-corrected chi connectivity index (χ1v) is 4.93. The minimum Gasteiger partial charge on any atom is -0.393 e. The van der Waals surface area contributed by atoms with Crippen LogP contribution >= 0.6 is 12.2 Å². The summed E-state index contributed by atoms with van der Waals surface area (Å²) >= 11 is 4.71. The summed E-state index contributed by atoms with van der Waals surface area (Å²) in [6.07, 6.45) is 0.982. The van der Waals surface area contributed by atoms with Gasteiger partial charge in [-0.1, -0.05) is 26.1 Å². The van der Waals surface area contributed by atoms with E-state index in [-0.39, 0.29) is 16.8 Å². The highest BCUT2D eigenvalue weighted by molar-refractivity contribution is 7.80. The van der Waals surface area contributed by atoms with Crippen LogP contribution in [0, 0.1) is 11.8 Å². The molecule has 0 aliphatic carbocycles. The predicted molar refractivity (Wildman–Crippen MR) is 58.4 cm³/mol. The van der Waals surface area contributed by atoms with Crippen molar-refractivity contribution in [2.24, 2.45) is 17.6 Å². The maximum atomic E-state index is 11.3. The van der Waals surface area contributed by atoms with E-state index < -0.39 is 0 Å². The molecule has 1 unspecified atom stereocenters. The number of thiocarbonyl (C=S) groups is 1. The molecule has 0 saturated heterocycles. The molecule has 0 bridgehead atoms. The van der Waals surface area contributed by atoms with Gasteiger partial charge in [0, 0.05) is 6.54 Å². The second kappa shape index (κ2) is 5.91. The molecule has 0 radical (unpaired) electrons. The summed E-state index contributed by atoms with van der Waals surface area (Å²) in [5, 5.41) is 2.79. The highest BCUT2D eigenvalue weighted by Crippen LogP contribution is 1.98. The fraction of sp³-hybridized carbons (Fsp3) is 0.778. The molecule has 0 aliphatic rings.